The van der Waals surface area contributed by atoms with Gasteiger partial charge in [-0.15, -0.1) is 0 Å². The molecule has 0 unspecified atom stereocenters. The summed E-state index contributed by atoms with van der Waals surface area (Å²) in [6.45, 7) is 8.88. The Morgan fingerprint density at radius 3 is 2.80 bits per heavy atom. The summed E-state index contributed by atoms with van der Waals surface area (Å²) in [5.41, 5.74) is 3.09. The third kappa shape index (κ3) is 4.17. The molecule has 2 aromatic heterocycles. The molecule has 0 saturated carbocycles. The van der Waals surface area contributed by atoms with Crippen molar-refractivity contribution < 1.29 is 5.11 Å². The van der Waals surface area contributed by atoms with E-state index in [2.05, 4.69) is 25.3 Å². The zero-order valence-electron chi connectivity index (χ0n) is 15.1. The third-order valence-corrected chi connectivity index (χ3v) is 4.24. The van der Waals surface area contributed by atoms with Gasteiger partial charge >= 0.3 is 0 Å². The molecule has 1 aliphatic heterocycles. The maximum absolute atomic E-state index is 9.72. The molecular formula is C18H26N6O. The number of hydrogen-bond donors (Lipinski definition) is 2. The van der Waals surface area contributed by atoms with Crippen molar-refractivity contribution in [2.75, 3.05) is 19.6 Å². The second kappa shape index (κ2) is 7.65. The van der Waals surface area contributed by atoms with E-state index in [1.165, 1.54) is 0 Å². The highest BCUT2D eigenvalue weighted by molar-refractivity contribution is 5.80. The highest BCUT2D eigenvalue weighted by Gasteiger charge is 2.22. The summed E-state index contributed by atoms with van der Waals surface area (Å²) in [6.07, 6.45) is 2.38. The SMILES string of the molecule is CCNC(=NCc1ccc(-n2nc(C)cc2C)nc1)N1CC[C@@H](O)C1. The molecule has 134 valence electrons. The van der Waals surface area contributed by atoms with Crippen LogP contribution in [0.15, 0.2) is 29.4 Å². The number of aliphatic hydroxyl groups excluding tert-OH is 1. The number of pyridine rings is 1. The van der Waals surface area contributed by atoms with Crippen molar-refractivity contribution in [1.82, 2.24) is 25.0 Å². The number of aryl methyl sites for hydroxylation is 2. The first-order valence-electron chi connectivity index (χ1n) is 8.76. The van der Waals surface area contributed by atoms with Crippen LogP contribution in [0.25, 0.3) is 5.82 Å². The number of aliphatic hydroxyl groups is 1. The summed E-state index contributed by atoms with van der Waals surface area (Å²) in [5.74, 6) is 1.66. The lowest BCUT2D eigenvalue weighted by molar-refractivity contribution is 0.188. The first-order valence-corrected chi connectivity index (χ1v) is 8.76. The molecule has 0 aliphatic carbocycles. The van der Waals surface area contributed by atoms with Gasteiger partial charge in [0.25, 0.3) is 0 Å². The van der Waals surface area contributed by atoms with Crippen LogP contribution in [0.5, 0.6) is 0 Å². The van der Waals surface area contributed by atoms with Crippen molar-refractivity contribution in [3.63, 3.8) is 0 Å². The minimum Gasteiger partial charge on any atom is -0.391 e. The van der Waals surface area contributed by atoms with Gasteiger partial charge in [0.1, 0.15) is 0 Å². The van der Waals surface area contributed by atoms with Gasteiger partial charge in [0, 0.05) is 31.5 Å². The van der Waals surface area contributed by atoms with Crippen LogP contribution < -0.4 is 5.32 Å². The van der Waals surface area contributed by atoms with Gasteiger partial charge in [0.15, 0.2) is 11.8 Å². The van der Waals surface area contributed by atoms with E-state index in [-0.39, 0.29) is 6.10 Å². The second-order valence-electron chi connectivity index (χ2n) is 6.42. The van der Waals surface area contributed by atoms with Crippen LogP contribution >= 0.6 is 0 Å². The first kappa shape index (κ1) is 17.4. The molecule has 0 radical (unpaired) electrons. The number of guanidine groups is 1. The molecule has 1 fully saturated rings. The molecular weight excluding hydrogens is 316 g/mol. The number of nitrogens with zero attached hydrogens (tertiary/aromatic N) is 5. The summed E-state index contributed by atoms with van der Waals surface area (Å²) >= 11 is 0. The van der Waals surface area contributed by atoms with Crippen molar-refractivity contribution in [3.8, 4) is 5.82 Å². The molecule has 1 atom stereocenters. The monoisotopic (exact) mass is 342 g/mol. The summed E-state index contributed by atoms with van der Waals surface area (Å²) in [5, 5.41) is 17.5. The van der Waals surface area contributed by atoms with Crippen molar-refractivity contribution in [3.05, 3.63) is 41.3 Å². The highest BCUT2D eigenvalue weighted by Crippen LogP contribution is 2.12. The maximum Gasteiger partial charge on any atom is 0.194 e. The molecule has 25 heavy (non-hydrogen) atoms. The number of rotatable bonds is 4. The number of hydrogen-bond acceptors (Lipinski definition) is 4. The molecule has 0 spiro atoms. The lowest BCUT2D eigenvalue weighted by Gasteiger charge is -2.20. The van der Waals surface area contributed by atoms with E-state index in [1.807, 2.05) is 49.8 Å². The van der Waals surface area contributed by atoms with Gasteiger partial charge in [-0.2, -0.15) is 5.10 Å². The average molecular weight is 342 g/mol. The number of aromatic nitrogens is 3. The van der Waals surface area contributed by atoms with Crippen molar-refractivity contribution >= 4 is 5.96 Å². The van der Waals surface area contributed by atoms with Gasteiger partial charge in [0.2, 0.25) is 0 Å². The topological polar surface area (TPSA) is 78.6 Å². The van der Waals surface area contributed by atoms with Gasteiger partial charge < -0.3 is 15.3 Å². The molecule has 0 amide bonds. The molecule has 7 heteroatoms. The Morgan fingerprint density at radius 2 is 2.24 bits per heavy atom. The predicted octanol–water partition coefficient (Wildman–Crippen LogP) is 1.42. The molecule has 3 heterocycles. The summed E-state index contributed by atoms with van der Waals surface area (Å²) in [4.78, 5) is 11.3. The highest BCUT2D eigenvalue weighted by atomic mass is 16.3. The Morgan fingerprint density at radius 1 is 1.40 bits per heavy atom. The predicted molar refractivity (Wildman–Crippen MR) is 97.8 cm³/mol. The molecule has 7 nitrogen and oxygen atoms in total. The second-order valence-corrected chi connectivity index (χ2v) is 6.42. The van der Waals surface area contributed by atoms with E-state index < -0.39 is 0 Å². The Balaban J connectivity index is 1.70. The van der Waals surface area contributed by atoms with Crippen LogP contribution in [-0.4, -0.2) is 56.5 Å². The number of likely N-dealkylation sites (tertiary alicyclic amines) is 1. The number of aliphatic imine (C=N–C) groups is 1. The Labute approximate surface area is 148 Å². The lowest BCUT2D eigenvalue weighted by atomic mass is 10.3. The van der Waals surface area contributed by atoms with Crippen LogP contribution in [0.1, 0.15) is 30.3 Å². The average Bonchev–Trinajstić information content (AvgIpc) is 3.17. The van der Waals surface area contributed by atoms with Crippen LogP contribution in [-0.2, 0) is 6.54 Å². The minimum absolute atomic E-state index is 0.259. The number of β-amino-alcohol motifs (C(OH)–C–C–N with tert-alkyl or cyclic N) is 1. The lowest BCUT2D eigenvalue weighted by Crippen LogP contribution is -2.40. The van der Waals surface area contributed by atoms with Crippen LogP contribution in [0.3, 0.4) is 0 Å². The van der Waals surface area contributed by atoms with E-state index >= 15 is 0 Å². The standard InChI is InChI=1S/C18H26N6O/c1-4-19-18(23-8-7-16(25)12-23)21-11-15-5-6-17(20-10-15)24-14(3)9-13(2)22-24/h5-6,9-10,16,25H,4,7-8,11-12H2,1-3H3,(H,19,21)/t16-/m1/s1. The number of nitrogens with one attached hydrogen (secondary N) is 1. The molecule has 3 rings (SSSR count). The molecule has 0 aromatic carbocycles. The zero-order valence-corrected chi connectivity index (χ0v) is 15.1. The maximum atomic E-state index is 9.72. The van der Waals surface area contributed by atoms with E-state index in [0.717, 1.165) is 48.2 Å². The van der Waals surface area contributed by atoms with Crippen molar-refractivity contribution in [1.29, 1.82) is 0 Å². The largest absolute Gasteiger partial charge is 0.391 e. The van der Waals surface area contributed by atoms with Gasteiger partial charge in [-0.25, -0.2) is 14.7 Å². The molecule has 1 aliphatic rings. The molecule has 2 N–H and O–H groups in total. The smallest absolute Gasteiger partial charge is 0.194 e. The van der Waals surface area contributed by atoms with Crippen LogP contribution in [0, 0.1) is 13.8 Å². The Bertz CT molecular complexity index is 737. The first-order chi connectivity index (χ1) is 12.1. The Hall–Kier alpha value is -2.41. The van der Waals surface area contributed by atoms with E-state index in [4.69, 9.17) is 0 Å². The zero-order chi connectivity index (χ0) is 17.8. The van der Waals surface area contributed by atoms with E-state index in [0.29, 0.717) is 13.1 Å². The quantitative estimate of drug-likeness (QED) is 0.649. The summed E-state index contributed by atoms with van der Waals surface area (Å²) in [6, 6.07) is 6.04. The van der Waals surface area contributed by atoms with Gasteiger partial charge in [-0.05, 0) is 44.9 Å². The fourth-order valence-electron chi connectivity index (χ4n) is 3.02. The van der Waals surface area contributed by atoms with E-state index in [1.54, 1.807) is 0 Å². The molecule has 2 aromatic rings. The van der Waals surface area contributed by atoms with Crippen LogP contribution in [0.2, 0.25) is 0 Å². The van der Waals surface area contributed by atoms with Gasteiger partial charge in [-0.3, -0.25) is 0 Å². The normalized spacial score (nSPS) is 18.0. The van der Waals surface area contributed by atoms with Gasteiger partial charge in [0.05, 0.1) is 18.3 Å². The van der Waals surface area contributed by atoms with Gasteiger partial charge in [-0.1, -0.05) is 6.07 Å². The minimum atomic E-state index is -0.259. The molecule has 0 bridgehead atoms. The fourth-order valence-corrected chi connectivity index (χ4v) is 3.02. The van der Waals surface area contributed by atoms with Crippen LogP contribution in [0.4, 0.5) is 0 Å². The third-order valence-electron chi connectivity index (χ3n) is 4.24. The van der Waals surface area contributed by atoms with Crippen molar-refractivity contribution in [2.45, 2.75) is 39.8 Å². The summed E-state index contributed by atoms with van der Waals surface area (Å²) in [7, 11) is 0. The summed E-state index contributed by atoms with van der Waals surface area (Å²) < 4.78 is 1.85. The van der Waals surface area contributed by atoms with Crippen molar-refractivity contribution in [2.24, 2.45) is 4.99 Å². The fraction of sp³-hybridized carbons (Fsp3) is 0.500. The Kier molecular flexibility index (Phi) is 5.33. The molecule has 1 saturated heterocycles. The van der Waals surface area contributed by atoms with E-state index in [9.17, 15) is 5.11 Å².